The molecule has 0 fully saturated rings. The molecule has 0 aliphatic rings. The molecular weight excluding hydrogens is 299 g/mol. The van der Waals surface area contributed by atoms with E-state index in [0.29, 0.717) is 19.1 Å². The average molecular weight is 320 g/mol. The molecular formula is C12H21N2O4PS. The van der Waals surface area contributed by atoms with Crippen LogP contribution in [0, 0.1) is 6.92 Å². The molecule has 0 aliphatic carbocycles. The van der Waals surface area contributed by atoms with Gasteiger partial charge in [-0.15, -0.1) is 0 Å². The summed E-state index contributed by atoms with van der Waals surface area (Å²) in [7, 11) is 0. The van der Waals surface area contributed by atoms with Crippen LogP contribution in [0.5, 0.6) is 11.9 Å². The third-order valence-electron chi connectivity index (χ3n) is 1.93. The Morgan fingerprint density at radius 1 is 1.20 bits per heavy atom. The third-order valence-corrected chi connectivity index (χ3v) is 4.35. The van der Waals surface area contributed by atoms with Crippen LogP contribution < -0.4 is 9.26 Å². The minimum Gasteiger partial charge on any atom is -0.461 e. The summed E-state index contributed by atoms with van der Waals surface area (Å²) < 4.78 is 21.9. The zero-order chi connectivity index (χ0) is 15.2. The van der Waals surface area contributed by atoms with Gasteiger partial charge in [0.05, 0.1) is 19.3 Å². The van der Waals surface area contributed by atoms with Crippen LogP contribution in [0.3, 0.4) is 0 Å². The second kappa shape index (κ2) is 7.88. The molecule has 0 bridgehead atoms. The average Bonchev–Trinajstić information content (AvgIpc) is 2.26. The summed E-state index contributed by atoms with van der Waals surface area (Å²) >= 11 is 5.30. The standard InChI is InChI=1S/C12H21N2O4PS/c1-6-15-19(20,16-7-2)18-11-8-10(5)13-12(14-11)17-9(3)4/h8-9H,6-7H2,1-5H3. The van der Waals surface area contributed by atoms with Crippen molar-refractivity contribution < 1.29 is 18.3 Å². The van der Waals surface area contributed by atoms with Gasteiger partial charge < -0.3 is 9.26 Å². The molecule has 0 spiro atoms. The second-order valence-corrected chi connectivity index (χ2v) is 7.11. The maximum absolute atomic E-state index is 5.64. The van der Waals surface area contributed by atoms with Crippen LogP contribution in [0.4, 0.5) is 0 Å². The van der Waals surface area contributed by atoms with Crippen molar-refractivity contribution in [3.8, 4) is 11.9 Å². The highest BCUT2D eigenvalue weighted by molar-refractivity contribution is 8.07. The molecule has 0 saturated heterocycles. The molecule has 8 heteroatoms. The summed E-state index contributed by atoms with van der Waals surface area (Å²) in [5.74, 6) is 0.304. The number of aromatic nitrogens is 2. The predicted octanol–water partition coefficient (Wildman–Crippen LogP) is 3.25. The molecule has 0 aromatic carbocycles. The van der Waals surface area contributed by atoms with Crippen LogP contribution in [-0.4, -0.2) is 29.3 Å². The molecule has 0 amide bonds. The van der Waals surface area contributed by atoms with Crippen molar-refractivity contribution in [2.45, 2.75) is 40.7 Å². The van der Waals surface area contributed by atoms with Gasteiger partial charge in [-0.3, -0.25) is 9.05 Å². The van der Waals surface area contributed by atoms with E-state index in [9.17, 15) is 0 Å². The second-order valence-electron chi connectivity index (χ2n) is 4.17. The molecule has 1 aromatic heterocycles. The Morgan fingerprint density at radius 3 is 2.30 bits per heavy atom. The molecule has 1 rings (SSSR count). The zero-order valence-electron chi connectivity index (χ0n) is 12.5. The van der Waals surface area contributed by atoms with Gasteiger partial charge in [0.2, 0.25) is 5.88 Å². The van der Waals surface area contributed by atoms with E-state index in [1.165, 1.54) is 0 Å². The zero-order valence-corrected chi connectivity index (χ0v) is 14.2. The molecule has 0 N–H and O–H groups in total. The molecule has 1 heterocycles. The monoisotopic (exact) mass is 320 g/mol. The molecule has 114 valence electrons. The fourth-order valence-electron chi connectivity index (χ4n) is 1.34. The van der Waals surface area contributed by atoms with E-state index in [0.717, 1.165) is 5.69 Å². The normalized spacial score (nSPS) is 11.7. The Kier molecular flexibility index (Phi) is 6.82. The summed E-state index contributed by atoms with van der Waals surface area (Å²) in [5.41, 5.74) is 0.722. The van der Waals surface area contributed by atoms with Gasteiger partial charge in [0.15, 0.2) is 0 Å². The van der Waals surface area contributed by atoms with E-state index < -0.39 is 6.72 Å². The lowest BCUT2D eigenvalue weighted by atomic mass is 10.4. The third kappa shape index (κ3) is 5.71. The molecule has 0 aliphatic heterocycles. The SMILES string of the molecule is CCOP(=S)(OCC)Oc1cc(C)nc(OC(C)C)n1. The van der Waals surface area contributed by atoms with Crippen molar-refractivity contribution in [2.24, 2.45) is 0 Å². The number of hydrogen-bond acceptors (Lipinski definition) is 7. The summed E-state index contributed by atoms with van der Waals surface area (Å²) in [6, 6.07) is 1.93. The first-order valence-corrected chi connectivity index (χ1v) is 9.05. The summed E-state index contributed by atoms with van der Waals surface area (Å²) in [6.07, 6.45) is -0.0218. The fraction of sp³-hybridized carbons (Fsp3) is 0.667. The van der Waals surface area contributed by atoms with Gasteiger partial charge >= 0.3 is 12.7 Å². The Bertz CT molecular complexity index is 475. The Balaban J connectivity index is 2.94. The van der Waals surface area contributed by atoms with Gasteiger partial charge in [-0.25, -0.2) is 4.98 Å². The van der Waals surface area contributed by atoms with E-state index in [1.807, 2.05) is 34.6 Å². The predicted molar refractivity (Wildman–Crippen MR) is 80.7 cm³/mol. The molecule has 0 saturated carbocycles. The highest BCUT2D eigenvalue weighted by Gasteiger charge is 2.22. The molecule has 20 heavy (non-hydrogen) atoms. The highest BCUT2D eigenvalue weighted by Crippen LogP contribution is 2.49. The summed E-state index contributed by atoms with van der Waals surface area (Å²) in [4.78, 5) is 8.35. The largest absolute Gasteiger partial charge is 0.461 e. The first-order chi connectivity index (χ1) is 9.38. The Morgan fingerprint density at radius 2 is 1.80 bits per heavy atom. The van der Waals surface area contributed by atoms with E-state index in [1.54, 1.807) is 6.07 Å². The Labute approximate surface area is 125 Å². The van der Waals surface area contributed by atoms with Gasteiger partial charge in [-0.2, -0.15) is 4.98 Å². The lowest BCUT2D eigenvalue weighted by Crippen LogP contribution is -2.10. The van der Waals surface area contributed by atoms with Gasteiger partial charge in [0.1, 0.15) is 0 Å². The first-order valence-electron chi connectivity index (χ1n) is 6.49. The van der Waals surface area contributed by atoms with Gasteiger partial charge in [-0.1, -0.05) is 0 Å². The van der Waals surface area contributed by atoms with Crippen molar-refractivity contribution >= 4 is 18.5 Å². The molecule has 0 radical (unpaired) electrons. The van der Waals surface area contributed by atoms with Gasteiger partial charge in [0.25, 0.3) is 0 Å². The Hall–Kier alpha value is -0.750. The van der Waals surface area contributed by atoms with Crippen molar-refractivity contribution in [1.82, 2.24) is 9.97 Å². The number of hydrogen-bond donors (Lipinski definition) is 0. The van der Waals surface area contributed by atoms with E-state index in [4.69, 9.17) is 30.1 Å². The van der Waals surface area contributed by atoms with Gasteiger partial charge in [-0.05, 0) is 34.6 Å². The van der Waals surface area contributed by atoms with Crippen LogP contribution in [0.25, 0.3) is 0 Å². The van der Waals surface area contributed by atoms with E-state index in [2.05, 4.69) is 9.97 Å². The molecule has 0 atom stereocenters. The number of rotatable bonds is 8. The van der Waals surface area contributed by atoms with Crippen molar-refractivity contribution in [3.63, 3.8) is 0 Å². The smallest absolute Gasteiger partial charge is 0.381 e. The van der Waals surface area contributed by atoms with Crippen LogP contribution in [0.2, 0.25) is 0 Å². The van der Waals surface area contributed by atoms with Crippen molar-refractivity contribution in [1.29, 1.82) is 0 Å². The minimum absolute atomic E-state index is 0.0218. The number of aryl methyl sites for hydroxylation is 1. The van der Waals surface area contributed by atoms with Gasteiger partial charge in [0, 0.05) is 23.6 Å². The topological polar surface area (TPSA) is 62.7 Å². The number of ether oxygens (including phenoxy) is 1. The minimum atomic E-state index is -2.83. The number of nitrogens with zero attached hydrogens (tertiary/aromatic N) is 2. The van der Waals surface area contributed by atoms with E-state index in [-0.39, 0.29) is 12.1 Å². The quantitative estimate of drug-likeness (QED) is 0.681. The summed E-state index contributed by atoms with van der Waals surface area (Å²) in [5, 5.41) is 0. The highest BCUT2D eigenvalue weighted by atomic mass is 32.5. The van der Waals surface area contributed by atoms with Crippen molar-refractivity contribution in [2.75, 3.05) is 13.2 Å². The van der Waals surface area contributed by atoms with E-state index >= 15 is 0 Å². The van der Waals surface area contributed by atoms with Crippen molar-refractivity contribution in [3.05, 3.63) is 11.8 Å². The fourth-order valence-corrected chi connectivity index (χ4v) is 3.34. The van der Waals surface area contributed by atoms with Crippen LogP contribution in [0.1, 0.15) is 33.4 Å². The van der Waals surface area contributed by atoms with Crippen LogP contribution >= 0.6 is 6.72 Å². The lowest BCUT2D eigenvalue weighted by molar-refractivity contribution is 0.208. The lowest BCUT2D eigenvalue weighted by Gasteiger charge is -2.20. The van der Waals surface area contributed by atoms with Crippen LogP contribution in [-0.2, 0) is 20.9 Å². The first kappa shape index (κ1) is 17.3. The summed E-state index contributed by atoms with van der Waals surface area (Å²) in [6.45, 7) is 7.30. The van der Waals surface area contributed by atoms with Crippen LogP contribution in [0.15, 0.2) is 6.07 Å². The molecule has 0 unspecified atom stereocenters. The maximum Gasteiger partial charge on any atom is 0.381 e. The molecule has 6 nitrogen and oxygen atoms in total. The maximum atomic E-state index is 5.64. The molecule has 1 aromatic rings.